The smallest absolute Gasteiger partial charge is 0.253 e. The molecule has 2 aliphatic rings. The molecule has 2 aromatic heterocycles. The highest BCUT2D eigenvalue weighted by Gasteiger charge is 2.34. The first-order chi connectivity index (χ1) is 19.1. The maximum atomic E-state index is 12.9. The van der Waals surface area contributed by atoms with Crippen LogP contribution in [0.15, 0.2) is 61.1 Å². The van der Waals surface area contributed by atoms with Crippen molar-refractivity contribution in [1.29, 1.82) is 0 Å². The van der Waals surface area contributed by atoms with Crippen molar-refractivity contribution in [2.75, 3.05) is 20.2 Å². The van der Waals surface area contributed by atoms with Crippen LogP contribution in [0.1, 0.15) is 64.9 Å². The number of amides is 1. The molecule has 0 saturated carbocycles. The number of fused-ring (bicyclic) bond motifs is 1. The summed E-state index contributed by atoms with van der Waals surface area (Å²) in [5.74, 6) is 3.66. The Morgan fingerprint density at radius 1 is 1.03 bits per heavy atom. The number of carbonyl (C=O) groups excluding carboxylic acids is 1. The second-order valence-electron chi connectivity index (χ2n) is 10.5. The molecule has 2 aromatic carbocycles. The molecular weight excluding hydrogens is 488 g/mol. The molecule has 0 aliphatic carbocycles. The zero-order chi connectivity index (χ0) is 26.8. The Hall–Kier alpha value is -4.20. The van der Waals surface area contributed by atoms with Gasteiger partial charge in [0.25, 0.3) is 5.91 Å². The van der Waals surface area contributed by atoms with Gasteiger partial charge in [-0.1, -0.05) is 30.3 Å². The Labute approximate surface area is 229 Å². The first-order valence-electron chi connectivity index (χ1n) is 13.7. The molecule has 1 saturated heterocycles. The van der Waals surface area contributed by atoms with E-state index >= 15 is 0 Å². The second-order valence-corrected chi connectivity index (χ2v) is 10.5. The normalized spacial score (nSPS) is 17.9. The number of rotatable bonds is 6. The van der Waals surface area contributed by atoms with Crippen LogP contribution in [-0.4, -0.2) is 55.3 Å². The number of piperidine rings is 1. The van der Waals surface area contributed by atoms with E-state index in [1.165, 1.54) is 0 Å². The number of nitrogens with zero attached hydrogens (tertiary/aromatic N) is 6. The van der Waals surface area contributed by atoms with Crippen LogP contribution in [-0.2, 0) is 6.54 Å². The van der Waals surface area contributed by atoms with Gasteiger partial charge in [-0.2, -0.15) is 5.10 Å². The second kappa shape index (κ2) is 10.9. The van der Waals surface area contributed by atoms with E-state index in [0.29, 0.717) is 11.8 Å². The van der Waals surface area contributed by atoms with Crippen molar-refractivity contribution in [1.82, 2.24) is 29.2 Å². The number of carbonyl (C=O) groups is 1. The summed E-state index contributed by atoms with van der Waals surface area (Å²) < 4.78 is 9.72. The standard InChI is InChI=1S/C31H34N6O2/c1-22-20-36(21-32-22)27-12-10-23(19-28(27)39-2)11-13-29-33-30-26(9-6-16-37(30)34-29)24-14-17-35(18-15-24)31(38)25-7-4-3-5-8-25/h3-5,7-8,10-13,19-21,24,26H,6,9,14-18H2,1-2H3/t26-/m0/s1. The number of methoxy groups -OCH3 is 1. The van der Waals surface area contributed by atoms with Gasteiger partial charge in [0.1, 0.15) is 11.6 Å². The summed E-state index contributed by atoms with van der Waals surface area (Å²) in [5.41, 5.74) is 3.70. The zero-order valence-electron chi connectivity index (χ0n) is 22.5. The summed E-state index contributed by atoms with van der Waals surface area (Å²) in [4.78, 5) is 24.2. The average Bonchev–Trinajstić information content (AvgIpc) is 3.62. The van der Waals surface area contributed by atoms with Gasteiger partial charge in [0.05, 0.1) is 24.8 Å². The number of likely N-dealkylation sites (tertiary alicyclic amines) is 1. The van der Waals surface area contributed by atoms with E-state index < -0.39 is 0 Å². The fourth-order valence-electron chi connectivity index (χ4n) is 5.92. The van der Waals surface area contributed by atoms with Gasteiger partial charge < -0.3 is 14.2 Å². The highest BCUT2D eigenvalue weighted by molar-refractivity contribution is 5.94. The Morgan fingerprint density at radius 3 is 2.59 bits per heavy atom. The third-order valence-electron chi connectivity index (χ3n) is 7.97. The summed E-state index contributed by atoms with van der Waals surface area (Å²) >= 11 is 0. The summed E-state index contributed by atoms with van der Waals surface area (Å²) in [7, 11) is 1.68. The molecule has 200 valence electrons. The van der Waals surface area contributed by atoms with Gasteiger partial charge in [0.2, 0.25) is 0 Å². The number of hydrogen-bond donors (Lipinski definition) is 0. The molecular formula is C31H34N6O2. The van der Waals surface area contributed by atoms with Crippen LogP contribution >= 0.6 is 0 Å². The third-order valence-corrected chi connectivity index (χ3v) is 7.97. The zero-order valence-corrected chi connectivity index (χ0v) is 22.5. The Bertz CT molecular complexity index is 1480. The van der Waals surface area contributed by atoms with E-state index in [1.54, 1.807) is 13.4 Å². The first-order valence-corrected chi connectivity index (χ1v) is 13.7. The van der Waals surface area contributed by atoms with Crippen molar-refractivity contribution in [3.05, 3.63) is 89.5 Å². The maximum absolute atomic E-state index is 12.9. The SMILES string of the molecule is COc1cc(C=Cc2nc3n(n2)CCC[C@H]3C2CCN(C(=O)c3ccccc3)CC2)ccc1-n1cnc(C)c1. The Morgan fingerprint density at radius 2 is 1.85 bits per heavy atom. The molecule has 4 aromatic rings. The molecule has 1 amide bonds. The van der Waals surface area contributed by atoms with Gasteiger partial charge in [0, 0.05) is 37.3 Å². The minimum Gasteiger partial charge on any atom is -0.495 e. The highest BCUT2D eigenvalue weighted by atomic mass is 16.5. The highest BCUT2D eigenvalue weighted by Crippen LogP contribution is 2.38. The molecule has 0 N–H and O–H groups in total. The van der Waals surface area contributed by atoms with Crippen LogP contribution in [0, 0.1) is 12.8 Å². The van der Waals surface area contributed by atoms with Crippen LogP contribution in [0.2, 0.25) is 0 Å². The predicted molar refractivity (Wildman–Crippen MR) is 151 cm³/mol. The molecule has 39 heavy (non-hydrogen) atoms. The van der Waals surface area contributed by atoms with Gasteiger partial charge >= 0.3 is 0 Å². The van der Waals surface area contributed by atoms with Crippen LogP contribution in [0.4, 0.5) is 0 Å². The van der Waals surface area contributed by atoms with E-state index in [0.717, 1.165) is 85.2 Å². The van der Waals surface area contributed by atoms with Gasteiger partial charge in [0.15, 0.2) is 5.82 Å². The number of benzene rings is 2. The summed E-state index contributed by atoms with van der Waals surface area (Å²) in [6.07, 6.45) is 12.0. The van der Waals surface area contributed by atoms with Crippen LogP contribution in [0.5, 0.6) is 5.75 Å². The molecule has 0 bridgehead atoms. The lowest BCUT2D eigenvalue weighted by atomic mass is 9.80. The molecule has 0 radical (unpaired) electrons. The van der Waals surface area contributed by atoms with E-state index in [4.69, 9.17) is 14.8 Å². The van der Waals surface area contributed by atoms with Crippen molar-refractivity contribution < 1.29 is 9.53 Å². The van der Waals surface area contributed by atoms with Crippen molar-refractivity contribution in [3.8, 4) is 11.4 Å². The van der Waals surface area contributed by atoms with E-state index in [2.05, 4.69) is 15.7 Å². The van der Waals surface area contributed by atoms with Gasteiger partial charge in [-0.05, 0) is 74.4 Å². The number of ether oxygens (including phenoxy) is 1. The minimum atomic E-state index is 0.137. The number of aryl methyl sites for hydroxylation is 2. The van der Waals surface area contributed by atoms with Crippen LogP contribution in [0.3, 0.4) is 0 Å². The molecule has 0 spiro atoms. The Balaban J connectivity index is 1.14. The topological polar surface area (TPSA) is 78.1 Å². The van der Waals surface area contributed by atoms with Gasteiger partial charge in [-0.25, -0.2) is 14.6 Å². The summed E-state index contributed by atoms with van der Waals surface area (Å²) in [6.45, 7) is 4.47. The summed E-state index contributed by atoms with van der Waals surface area (Å²) in [5, 5.41) is 4.81. The van der Waals surface area contributed by atoms with E-state index in [1.807, 2.05) is 77.2 Å². The molecule has 2 aliphatic heterocycles. The number of aromatic nitrogens is 5. The quantitative estimate of drug-likeness (QED) is 0.340. The summed E-state index contributed by atoms with van der Waals surface area (Å²) in [6, 6.07) is 15.7. The Kier molecular flexibility index (Phi) is 7.00. The lowest BCUT2D eigenvalue weighted by molar-refractivity contribution is 0.0669. The predicted octanol–water partition coefficient (Wildman–Crippen LogP) is 5.38. The third kappa shape index (κ3) is 5.24. The minimum absolute atomic E-state index is 0.137. The number of hydrogen-bond acceptors (Lipinski definition) is 5. The molecule has 8 heteroatoms. The number of imidazole rings is 1. The fraction of sp³-hybridized carbons (Fsp3) is 0.355. The van der Waals surface area contributed by atoms with Crippen LogP contribution < -0.4 is 4.74 Å². The molecule has 8 nitrogen and oxygen atoms in total. The monoisotopic (exact) mass is 522 g/mol. The maximum Gasteiger partial charge on any atom is 0.253 e. The molecule has 0 unspecified atom stereocenters. The lowest BCUT2D eigenvalue weighted by Gasteiger charge is -2.37. The molecule has 4 heterocycles. The first kappa shape index (κ1) is 25.1. The average molecular weight is 523 g/mol. The van der Waals surface area contributed by atoms with Crippen molar-refractivity contribution >= 4 is 18.1 Å². The van der Waals surface area contributed by atoms with Gasteiger partial charge in [-0.15, -0.1) is 0 Å². The van der Waals surface area contributed by atoms with E-state index in [-0.39, 0.29) is 5.91 Å². The van der Waals surface area contributed by atoms with Gasteiger partial charge in [-0.3, -0.25) is 4.79 Å². The lowest BCUT2D eigenvalue weighted by Crippen LogP contribution is -2.40. The van der Waals surface area contributed by atoms with E-state index in [9.17, 15) is 4.79 Å². The molecule has 1 fully saturated rings. The largest absolute Gasteiger partial charge is 0.495 e. The van der Waals surface area contributed by atoms with Crippen molar-refractivity contribution in [2.24, 2.45) is 5.92 Å². The van der Waals surface area contributed by atoms with Crippen molar-refractivity contribution in [3.63, 3.8) is 0 Å². The molecule has 6 rings (SSSR count). The van der Waals surface area contributed by atoms with Crippen LogP contribution in [0.25, 0.3) is 17.8 Å². The molecule has 1 atom stereocenters. The van der Waals surface area contributed by atoms with Crippen molar-refractivity contribution in [2.45, 2.75) is 45.1 Å². The fourth-order valence-corrected chi connectivity index (χ4v) is 5.92.